The van der Waals surface area contributed by atoms with Crippen LogP contribution in [0.15, 0.2) is 70.7 Å². The molecule has 0 aliphatic carbocycles. The third-order valence-electron chi connectivity index (χ3n) is 5.77. The van der Waals surface area contributed by atoms with Gasteiger partial charge in [0, 0.05) is 15.1 Å². The Labute approximate surface area is 213 Å². The fourth-order valence-corrected chi connectivity index (χ4v) is 5.77. The third-order valence-corrected chi connectivity index (χ3v) is 7.55. The first-order valence-electron chi connectivity index (χ1n) is 10.4. The van der Waals surface area contributed by atoms with Crippen molar-refractivity contribution in [2.75, 3.05) is 4.90 Å². The van der Waals surface area contributed by atoms with Crippen LogP contribution in [0.25, 0.3) is 16.0 Å². The molecule has 4 aromatic rings. The molecule has 8 heteroatoms. The number of anilines is 1. The summed E-state index contributed by atoms with van der Waals surface area (Å²) in [7, 11) is 0. The Hall–Kier alpha value is -3.00. The monoisotopic (exact) mass is 552 g/mol. The van der Waals surface area contributed by atoms with Gasteiger partial charge in [0.05, 0.1) is 21.8 Å². The van der Waals surface area contributed by atoms with Crippen LogP contribution in [0.1, 0.15) is 28.3 Å². The van der Waals surface area contributed by atoms with Crippen molar-refractivity contribution in [2.45, 2.75) is 19.9 Å². The van der Waals surface area contributed by atoms with E-state index in [9.17, 15) is 14.7 Å². The van der Waals surface area contributed by atoms with E-state index in [1.807, 2.05) is 50.2 Å². The summed E-state index contributed by atoms with van der Waals surface area (Å²) < 4.78 is 1.79. The van der Waals surface area contributed by atoms with E-state index < -0.39 is 17.7 Å². The highest BCUT2D eigenvalue weighted by Gasteiger charge is 2.48. The molecule has 1 aliphatic rings. The predicted octanol–water partition coefficient (Wildman–Crippen LogP) is 6.96. The number of aliphatic hydroxyl groups excluding tert-OH is 1. The summed E-state index contributed by atoms with van der Waals surface area (Å²) in [5, 5.41) is 12.1. The zero-order valence-corrected chi connectivity index (χ0v) is 21.3. The Morgan fingerprint density at radius 2 is 1.74 bits per heavy atom. The molecule has 2 heterocycles. The molecule has 5 rings (SSSR count). The smallest absolute Gasteiger partial charge is 0.301 e. The summed E-state index contributed by atoms with van der Waals surface area (Å²) in [5.74, 6) is -1.73. The number of benzene rings is 3. The topological polar surface area (TPSA) is 70.5 Å². The number of aryl methyl sites for hydroxylation is 2. The number of hydrogen-bond acceptors (Lipinski definition) is 5. The molecular formula is C26H18BrClN2O3S. The molecule has 170 valence electrons. The molecule has 0 radical (unpaired) electrons. The van der Waals surface area contributed by atoms with E-state index in [0.717, 1.165) is 25.8 Å². The van der Waals surface area contributed by atoms with Crippen LogP contribution in [0.3, 0.4) is 0 Å². The highest BCUT2D eigenvalue weighted by atomic mass is 79.9. The minimum absolute atomic E-state index is 0.0156. The molecule has 0 saturated carbocycles. The Morgan fingerprint density at radius 3 is 2.41 bits per heavy atom. The van der Waals surface area contributed by atoms with Crippen molar-refractivity contribution >= 4 is 71.7 Å². The Bertz CT molecular complexity index is 1490. The molecular weight excluding hydrogens is 536 g/mol. The van der Waals surface area contributed by atoms with Gasteiger partial charge < -0.3 is 5.11 Å². The van der Waals surface area contributed by atoms with Crippen LogP contribution in [0.4, 0.5) is 5.13 Å². The van der Waals surface area contributed by atoms with Crippen LogP contribution in [-0.4, -0.2) is 21.8 Å². The van der Waals surface area contributed by atoms with Crippen molar-refractivity contribution in [2.24, 2.45) is 0 Å². The van der Waals surface area contributed by atoms with Gasteiger partial charge in [0.15, 0.2) is 5.13 Å². The molecule has 1 atom stereocenters. The number of thiazole rings is 1. The summed E-state index contributed by atoms with van der Waals surface area (Å²) in [5.41, 5.74) is 3.98. The molecule has 1 saturated heterocycles. The van der Waals surface area contributed by atoms with Crippen LogP contribution in [0.5, 0.6) is 0 Å². The minimum atomic E-state index is -0.828. The normalized spacial score (nSPS) is 17.6. The van der Waals surface area contributed by atoms with Crippen molar-refractivity contribution in [1.82, 2.24) is 4.98 Å². The standard InChI is InChI=1S/C26H18BrClN2O3S/c1-13-11-14(2)21-19(12-13)34-26(29-21)30-22(15-3-7-17(27)8-4-15)20(24(32)25(30)33)23(31)16-5-9-18(28)10-6-16/h3-12,22,31H,1-2H3/t22-/m1/s1. The van der Waals surface area contributed by atoms with Crippen molar-refractivity contribution in [3.63, 3.8) is 0 Å². The molecule has 1 amide bonds. The average molecular weight is 554 g/mol. The van der Waals surface area contributed by atoms with E-state index in [2.05, 4.69) is 15.9 Å². The van der Waals surface area contributed by atoms with Crippen LogP contribution < -0.4 is 4.90 Å². The molecule has 1 aromatic heterocycles. The number of aliphatic hydroxyl groups is 1. The van der Waals surface area contributed by atoms with Gasteiger partial charge in [-0.1, -0.05) is 57.1 Å². The number of rotatable bonds is 3. The average Bonchev–Trinajstić information content (AvgIpc) is 3.33. The molecule has 1 aliphatic heterocycles. The number of fused-ring (bicyclic) bond motifs is 1. The van der Waals surface area contributed by atoms with E-state index in [0.29, 0.717) is 21.3 Å². The number of aromatic nitrogens is 1. The minimum Gasteiger partial charge on any atom is -0.507 e. The van der Waals surface area contributed by atoms with Gasteiger partial charge in [-0.05, 0) is 73.0 Å². The van der Waals surface area contributed by atoms with Crippen molar-refractivity contribution in [1.29, 1.82) is 0 Å². The van der Waals surface area contributed by atoms with Gasteiger partial charge in [-0.15, -0.1) is 0 Å². The molecule has 0 bridgehead atoms. The first-order valence-corrected chi connectivity index (χ1v) is 12.4. The molecule has 1 N–H and O–H groups in total. The number of hydrogen-bond donors (Lipinski definition) is 1. The Kier molecular flexibility index (Phi) is 5.80. The Morgan fingerprint density at radius 1 is 1.06 bits per heavy atom. The zero-order valence-electron chi connectivity index (χ0n) is 18.2. The number of halogens is 2. The first kappa shape index (κ1) is 22.8. The Balaban J connectivity index is 1.74. The van der Waals surface area contributed by atoms with Crippen molar-refractivity contribution in [3.05, 3.63) is 98.0 Å². The van der Waals surface area contributed by atoms with E-state index in [1.165, 1.54) is 16.2 Å². The quantitative estimate of drug-likeness (QED) is 0.169. The summed E-state index contributed by atoms with van der Waals surface area (Å²) in [6, 6.07) is 17.0. The summed E-state index contributed by atoms with van der Waals surface area (Å²) in [6.07, 6.45) is 0. The lowest BCUT2D eigenvalue weighted by atomic mass is 9.95. The SMILES string of the molecule is Cc1cc(C)c2nc(N3C(=O)C(=O)C(=C(O)c4ccc(Cl)cc4)[C@H]3c3ccc(Br)cc3)sc2c1. The van der Waals surface area contributed by atoms with Gasteiger partial charge >= 0.3 is 5.91 Å². The maximum atomic E-state index is 13.4. The molecule has 0 spiro atoms. The first-order chi connectivity index (χ1) is 16.2. The molecule has 0 unspecified atom stereocenters. The van der Waals surface area contributed by atoms with Gasteiger partial charge in [-0.3, -0.25) is 14.5 Å². The van der Waals surface area contributed by atoms with Crippen LogP contribution in [0, 0.1) is 13.8 Å². The summed E-state index contributed by atoms with van der Waals surface area (Å²) in [6.45, 7) is 3.98. The number of Topliss-reactive ketones (excluding diaryl/α,β-unsaturated/α-hetero) is 1. The van der Waals surface area contributed by atoms with Crippen LogP contribution >= 0.6 is 38.9 Å². The zero-order chi connectivity index (χ0) is 24.1. The maximum Gasteiger partial charge on any atom is 0.301 e. The van der Waals surface area contributed by atoms with Gasteiger partial charge in [-0.2, -0.15) is 0 Å². The van der Waals surface area contributed by atoms with Gasteiger partial charge in [-0.25, -0.2) is 4.98 Å². The number of amides is 1. The fourth-order valence-electron chi connectivity index (χ4n) is 4.22. The van der Waals surface area contributed by atoms with Gasteiger partial charge in [0.25, 0.3) is 5.78 Å². The van der Waals surface area contributed by atoms with E-state index >= 15 is 0 Å². The lowest BCUT2D eigenvalue weighted by molar-refractivity contribution is -0.132. The highest BCUT2D eigenvalue weighted by Crippen LogP contribution is 2.45. The van der Waals surface area contributed by atoms with E-state index in [-0.39, 0.29) is 11.3 Å². The largest absolute Gasteiger partial charge is 0.507 e. The van der Waals surface area contributed by atoms with Crippen LogP contribution in [-0.2, 0) is 9.59 Å². The summed E-state index contributed by atoms with van der Waals surface area (Å²) >= 11 is 10.8. The molecule has 5 nitrogen and oxygen atoms in total. The fraction of sp³-hybridized carbons (Fsp3) is 0.115. The maximum absolute atomic E-state index is 13.4. The number of ketones is 1. The second-order valence-electron chi connectivity index (χ2n) is 8.15. The number of carbonyl (C=O) groups excluding carboxylic acids is 2. The number of nitrogens with zero attached hydrogens (tertiary/aromatic N) is 2. The molecule has 1 fully saturated rings. The summed E-state index contributed by atoms with van der Waals surface area (Å²) in [4.78, 5) is 32.8. The number of carbonyl (C=O) groups is 2. The van der Waals surface area contributed by atoms with Gasteiger partial charge in [0.2, 0.25) is 0 Å². The second kappa shape index (κ2) is 8.65. The van der Waals surface area contributed by atoms with E-state index in [4.69, 9.17) is 16.6 Å². The van der Waals surface area contributed by atoms with Gasteiger partial charge in [0.1, 0.15) is 5.76 Å². The molecule has 3 aromatic carbocycles. The van der Waals surface area contributed by atoms with Crippen molar-refractivity contribution in [3.8, 4) is 0 Å². The second-order valence-corrected chi connectivity index (χ2v) is 10.5. The predicted molar refractivity (Wildman–Crippen MR) is 139 cm³/mol. The third kappa shape index (κ3) is 3.83. The lowest BCUT2D eigenvalue weighted by Crippen LogP contribution is -2.29. The molecule has 34 heavy (non-hydrogen) atoms. The van der Waals surface area contributed by atoms with Crippen molar-refractivity contribution < 1.29 is 14.7 Å². The lowest BCUT2D eigenvalue weighted by Gasteiger charge is -2.23. The highest BCUT2D eigenvalue weighted by molar-refractivity contribution is 9.10. The van der Waals surface area contributed by atoms with Crippen LogP contribution in [0.2, 0.25) is 5.02 Å². The van der Waals surface area contributed by atoms with E-state index in [1.54, 1.807) is 24.3 Å².